The van der Waals surface area contributed by atoms with Crippen LogP contribution in [-0.4, -0.2) is 20.7 Å². The molecule has 16 heavy (non-hydrogen) atoms. The summed E-state index contributed by atoms with van der Waals surface area (Å²) < 4.78 is 1.49. The third kappa shape index (κ3) is 1.77. The normalized spacial score (nSPS) is 10.4. The zero-order valence-corrected chi connectivity index (χ0v) is 9.27. The minimum absolute atomic E-state index is 0.0163. The number of primary amides is 1. The van der Waals surface area contributed by atoms with Gasteiger partial charge in [0.25, 0.3) is 5.91 Å². The number of hydrogen-bond acceptors (Lipinski definition) is 3. The molecule has 0 unspecified atom stereocenters. The van der Waals surface area contributed by atoms with Crippen LogP contribution in [0.3, 0.4) is 0 Å². The van der Waals surface area contributed by atoms with E-state index >= 15 is 0 Å². The van der Waals surface area contributed by atoms with Gasteiger partial charge in [-0.25, -0.2) is 9.67 Å². The number of aryl methyl sites for hydroxylation is 1. The Morgan fingerprint density at radius 2 is 2.12 bits per heavy atom. The van der Waals surface area contributed by atoms with Gasteiger partial charge in [0.05, 0.1) is 10.7 Å². The molecule has 1 aromatic heterocycles. The Kier molecular flexibility index (Phi) is 2.62. The van der Waals surface area contributed by atoms with Crippen molar-refractivity contribution >= 4 is 17.5 Å². The smallest absolute Gasteiger partial charge is 0.288 e. The maximum Gasteiger partial charge on any atom is 0.288 e. The zero-order valence-electron chi connectivity index (χ0n) is 8.51. The number of carbonyl (C=O) groups is 1. The third-order valence-electron chi connectivity index (χ3n) is 2.07. The number of amides is 1. The van der Waals surface area contributed by atoms with Gasteiger partial charge in [-0.1, -0.05) is 23.7 Å². The maximum absolute atomic E-state index is 10.9. The topological polar surface area (TPSA) is 73.8 Å². The molecule has 0 atom stereocenters. The van der Waals surface area contributed by atoms with E-state index in [-0.39, 0.29) is 5.82 Å². The van der Waals surface area contributed by atoms with Gasteiger partial charge < -0.3 is 5.73 Å². The number of rotatable bonds is 2. The molecule has 0 fully saturated rings. The first-order valence-corrected chi connectivity index (χ1v) is 4.96. The van der Waals surface area contributed by atoms with Crippen molar-refractivity contribution in [2.24, 2.45) is 5.73 Å². The molecule has 2 aromatic rings. The van der Waals surface area contributed by atoms with Gasteiger partial charge >= 0.3 is 0 Å². The highest BCUT2D eigenvalue weighted by molar-refractivity contribution is 6.32. The molecule has 82 valence electrons. The summed E-state index contributed by atoms with van der Waals surface area (Å²) in [5.41, 5.74) is 5.77. The third-order valence-corrected chi connectivity index (χ3v) is 2.39. The summed E-state index contributed by atoms with van der Waals surface area (Å²) in [4.78, 5) is 14.9. The Hall–Kier alpha value is -1.88. The van der Waals surface area contributed by atoms with E-state index in [2.05, 4.69) is 10.1 Å². The van der Waals surface area contributed by atoms with Crippen LogP contribution in [0.4, 0.5) is 0 Å². The van der Waals surface area contributed by atoms with E-state index in [1.54, 1.807) is 19.1 Å². The molecule has 1 amide bonds. The van der Waals surface area contributed by atoms with Crippen LogP contribution in [0.1, 0.15) is 16.4 Å². The number of carbonyl (C=O) groups excluding carboxylic acids is 1. The molecule has 6 heteroatoms. The van der Waals surface area contributed by atoms with Gasteiger partial charge in [-0.05, 0) is 19.1 Å². The number of aromatic nitrogens is 3. The molecule has 2 rings (SSSR count). The fourth-order valence-corrected chi connectivity index (χ4v) is 1.56. The molecule has 2 N–H and O–H groups in total. The molecule has 0 aliphatic heterocycles. The summed E-state index contributed by atoms with van der Waals surface area (Å²) >= 11 is 6.01. The summed E-state index contributed by atoms with van der Waals surface area (Å²) in [5.74, 6) is -0.117. The largest absolute Gasteiger partial charge is 0.363 e. The summed E-state index contributed by atoms with van der Waals surface area (Å²) in [6.45, 7) is 1.72. The highest BCUT2D eigenvalue weighted by Crippen LogP contribution is 2.19. The number of benzene rings is 1. The van der Waals surface area contributed by atoms with Crippen LogP contribution in [0.2, 0.25) is 5.02 Å². The van der Waals surface area contributed by atoms with Gasteiger partial charge in [0.1, 0.15) is 5.82 Å². The van der Waals surface area contributed by atoms with E-state index in [4.69, 9.17) is 17.3 Å². The molecule has 0 aliphatic rings. The van der Waals surface area contributed by atoms with E-state index in [1.165, 1.54) is 4.68 Å². The van der Waals surface area contributed by atoms with Crippen LogP contribution < -0.4 is 5.73 Å². The lowest BCUT2D eigenvalue weighted by Gasteiger charge is -2.04. The van der Waals surface area contributed by atoms with E-state index in [0.29, 0.717) is 16.5 Å². The van der Waals surface area contributed by atoms with Crippen molar-refractivity contribution in [3.05, 3.63) is 40.9 Å². The quantitative estimate of drug-likeness (QED) is 0.855. The van der Waals surface area contributed by atoms with Crippen molar-refractivity contribution in [1.82, 2.24) is 14.8 Å². The SMILES string of the molecule is Cc1nc(C(N)=O)nn1-c1ccccc1Cl. The lowest BCUT2D eigenvalue weighted by molar-refractivity contribution is 0.0990. The second-order valence-corrected chi connectivity index (χ2v) is 3.62. The zero-order chi connectivity index (χ0) is 11.7. The van der Waals surface area contributed by atoms with Crippen LogP contribution in [0.5, 0.6) is 0 Å². The molecule has 0 spiro atoms. The van der Waals surface area contributed by atoms with Crippen molar-refractivity contribution in [2.45, 2.75) is 6.92 Å². The van der Waals surface area contributed by atoms with Crippen molar-refractivity contribution < 1.29 is 4.79 Å². The van der Waals surface area contributed by atoms with E-state index in [0.717, 1.165) is 0 Å². The number of nitrogens with two attached hydrogens (primary N) is 1. The molecule has 0 aliphatic carbocycles. The highest BCUT2D eigenvalue weighted by Gasteiger charge is 2.13. The molecule has 5 nitrogen and oxygen atoms in total. The Bertz CT molecular complexity index is 550. The Labute approximate surface area is 96.8 Å². The van der Waals surface area contributed by atoms with Crippen LogP contribution in [0.15, 0.2) is 24.3 Å². The number of para-hydroxylation sites is 1. The van der Waals surface area contributed by atoms with Gasteiger partial charge in [0.15, 0.2) is 0 Å². The fourth-order valence-electron chi connectivity index (χ4n) is 1.35. The van der Waals surface area contributed by atoms with Crippen LogP contribution >= 0.6 is 11.6 Å². The second kappa shape index (κ2) is 3.94. The lowest BCUT2D eigenvalue weighted by atomic mass is 10.3. The van der Waals surface area contributed by atoms with Crippen molar-refractivity contribution in [3.8, 4) is 5.69 Å². The molecule has 0 bridgehead atoms. The Balaban J connectivity index is 2.57. The van der Waals surface area contributed by atoms with E-state index < -0.39 is 5.91 Å². The first-order valence-electron chi connectivity index (χ1n) is 4.58. The standard InChI is InChI=1S/C10H9ClN4O/c1-6-13-10(9(12)16)14-15(6)8-5-3-2-4-7(8)11/h2-5H,1H3,(H2,12,16). The first kappa shape index (κ1) is 10.6. The second-order valence-electron chi connectivity index (χ2n) is 3.21. The summed E-state index contributed by atoms with van der Waals surface area (Å²) in [5, 5.41) is 4.52. The Morgan fingerprint density at radius 3 is 2.69 bits per heavy atom. The molecule has 0 saturated carbocycles. The molecule has 0 saturated heterocycles. The molecule has 1 aromatic carbocycles. The van der Waals surface area contributed by atoms with Crippen molar-refractivity contribution in [2.75, 3.05) is 0 Å². The summed E-state index contributed by atoms with van der Waals surface area (Å²) in [6, 6.07) is 7.16. The van der Waals surface area contributed by atoms with Gasteiger partial charge in [-0.15, -0.1) is 5.10 Å². The predicted molar refractivity (Wildman–Crippen MR) is 59.6 cm³/mol. The van der Waals surface area contributed by atoms with Crippen LogP contribution in [0, 0.1) is 6.92 Å². The average Bonchev–Trinajstić information content (AvgIpc) is 2.61. The number of nitrogens with zero attached hydrogens (tertiary/aromatic N) is 3. The fraction of sp³-hybridized carbons (Fsp3) is 0.100. The minimum atomic E-state index is -0.658. The highest BCUT2D eigenvalue weighted by atomic mass is 35.5. The van der Waals surface area contributed by atoms with Gasteiger partial charge in [-0.3, -0.25) is 4.79 Å². The lowest BCUT2D eigenvalue weighted by Crippen LogP contribution is -2.13. The summed E-state index contributed by atoms with van der Waals surface area (Å²) in [6.07, 6.45) is 0. The first-order chi connectivity index (χ1) is 7.59. The molecular formula is C10H9ClN4O. The average molecular weight is 237 g/mol. The predicted octanol–water partition coefficient (Wildman–Crippen LogP) is 1.33. The van der Waals surface area contributed by atoms with Gasteiger partial charge in [0, 0.05) is 0 Å². The number of hydrogen-bond donors (Lipinski definition) is 1. The molecular weight excluding hydrogens is 228 g/mol. The molecule has 0 radical (unpaired) electrons. The minimum Gasteiger partial charge on any atom is -0.363 e. The van der Waals surface area contributed by atoms with Gasteiger partial charge in [-0.2, -0.15) is 0 Å². The van der Waals surface area contributed by atoms with Crippen molar-refractivity contribution in [3.63, 3.8) is 0 Å². The van der Waals surface area contributed by atoms with E-state index in [9.17, 15) is 4.79 Å². The number of halogens is 1. The maximum atomic E-state index is 10.9. The Morgan fingerprint density at radius 1 is 1.44 bits per heavy atom. The van der Waals surface area contributed by atoms with Gasteiger partial charge in [0.2, 0.25) is 5.82 Å². The van der Waals surface area contributed by atoms with Crippen LogP contribution in [0.25, 0.3) is 5.69 Å². The van der Waals surface area contributed by atoms with Crippen LogP contribution in [-0.2, 0) is 0 Å². The summed E-state index contributed by atoms with van der Waals surface area (Å²) in [7, 11) is 0. The van der Waals surface area contributed by atoms with Crippen molar-refractivity contribution in [1.29, 1.82) is 0 Å². The van der Waals surface area contributed by atoms with E-state index in [1.807, 2.05) is 12.1 Å². The molecule has 1 heterocycles. The monoisotopic (exact) mass is 236 g/mol.